The van der Waals surface area contributed by atoms with Gasteiger partial charge in [-0.2, -0.15) is 0 Å². The van der Waals surface area contributed by atoms with Gasteiger partial charge in [0.15, 0.2) is 0 Å². The summed E-state index contributed by atoms with van der Waals surface area (Å²) >= 11 is 3.45. The Kier molecular flexibility index (Phi) is 5.81. The molecular weight excluding hydrogens is 314 g/mol. The molecule has 0 atom stereocenters. The zero-order valence-electron chi connectivity index (χ0n) is 13.2. The molecular formula is C17H26BrNO. The van der Waals surface area contributed by atoms with Gasteiger partial charge in [-0.25, -0.2) is 0 Å². The van der Waals surface area contributed by atoms with Crippen LogP contribution in [0.4, 0.5) is 0 Å². The summed E-state index contributed by atoms with van der Waals surface area (Å²) in [5.74, 6) is 0.00751. The van der Waals surface area contributed by atoms with Crippen LogP contribution < -0.4 is 5.32 Å². The summed E-state index contributed by atoms with van der Waals surface area (Å²) in [5, 5.41) is 3.98. The van der Waals surface area contributed by atoms with Crippen molar-refractivity contribution in [2.75, 3.05) is 11.9 Å². The molecule has 0 fully saturated rings. The molecule has 0 aliphatic carbocycles. The van der Waals surface area contributed by atoms with Crippen LogP contribution in [0.25, 0.3) is 0 Å². The van der Waals surface area contributed by atoms with Crippen molar-refractivity contribution in [2.24, 2.45) is 5.41 Å². The highest BCUT2D eigenvalue weighted by atomic mass is 79.9. The smallest absolute Gasteiger partial charge is 0.251 e. The van der Waals surface area contributed by atoms with Crippen molar-refractivity contribution < 1.29 is 4.79 Å². The van der Waals surface area contributed by atoms with Gasteiger partial charge in [-0.15, -0.1) is 0 Å². The maximum atomic E-state index is 12.1. The number of rotatable bonds is 5. The van der Waals surface area contributed by atoms with Gasteiger partial charge in [0.2, 0.25) is 0 Å². The van der Waals surface area contributed by atoms with E-state index in [1.54, 1.807) is 0 Å². The Balaban J connectivity index is 2.65. The monoisotopic (exact) mass is 339 g/mol. The van der Waals surface area contributed by atoms with Crippen molar-refractivity contribution >= 4 is 21.8 Å². The van der Waals surface area contributed by atoms with Crippen LogP contribution in [0.5, 0.6) is 0 Å². The molecule has 3 heteroatoms. The third-order valence-electron chi connectivity index (χ3n) is 3.51. The molecule has 0 saturated carbocycles. The van der Waals surface area contributed by atoms with Gasteiger partial charge in [0.25, 0.3) is 5.91 Å². The number of halogens is 1. The molecule has 0 spiro atoms. The number of benzene rings is 1. The fourth-order valence-electron chi connectivity index (χ4n) is 1.89. The molecule has 1 aromatic carbocycles. The fraction of sp³-hybridized carbons (Fsp3) is 0.588. The number of carbonyl (C=O) groups is 1. The number of hydrogen-bond donors (Lipinski definition) is 1. The first-order valence-electron chi connectivity index (χ1n) is 7.10. The molecule has 1 aromatic rings. The number of alkyl halides is 1. The Bertz CT molecular complexity index is 443. The first-order chi connectivity index (χ1) is 9.15. The van der Waals surface area contributed by atoms with Crippen LogP contribution in [-0.2, 0) is 5.41 Å². The van der Waals surface area contributed by atoms with E-state index < -0.39 is 0 Å². The average molecular weight is 340 g/mol. The van der Waals surface area contributed by atoms with Crippen molar-refractivity contribution in [1.29, 1.82) is 0 Å². The second-order valence-electron chi connectivity index (χ2n) is 7.11. The van der Waals surface area contributed by atoms with Crippen molar-refractivity contribution in [3.05, 3.63) is 35.4 Å². The molecule has 0 radical (unpaired) electrons. The molecule has 0 aliphatic heterocycles. The van der Waals surface area contributed by atoms with Crippen molar-refractivity contribution in [3.8, 4) is 0 Å². The van der Waals surface area contributed by atoms with Crippen molar-refractivity contribution in [3.63, 3.8) is 0 Å². The number of nitrogens with one attached hydrogen (secondary N) is 1. The van der Waals surface area contributed by atoms with Crippen LogP contribution >= 0.6 is 15.9 Å². The van der Waals surface area contributed by atoms with Gasteiger partial charge in [-0.1, -0.05) is 62.7 Å². The maximum Gasteiger partial charge on any atom is 0.251 e. The average Bonchev–Trinajstić information content (AvgIpc) is 2.35. The topological polar surface area (TPSA) is 29.1 Å². The standard InChI is InChI=1S/C17H26BrNO/c1-16(2,3)14-8-6-13(7-9-14)15(20)19-12-17(4,5)10-11-18/h6-9H,10-12H2,1-5H3,(H,19,20). The molecule has 20 heavy (non-hydrogen) atoms. The summed E-state index contributed by atoms with van der Waals surface area (Å²) in [6.45, 7) is 11.5. The second-order valence-corrected chi connectivity index (χ2v) is 7.91. The van der Waals surface area contributed by atoms with Crippen LogP contribution in [0, 0.1) is 5.41 Å². The number of carbonyl (C=O) groups excluding carboxylic acids is 1. The Labute approximate surface area is 131 Å². The van der Waals surface area contributed by atoms with Gasteiger partial charge >= 0.3 is 0 Å². The highest BCUT2D eigenvalue weighted by molar-refractivity contribution is 9.09. The molecule has 112 valence electrons. The predicted molar refractivity (Wildman–Crippen MR) is 89.7 cm³/mol. The van der Waals surface area contributed by atoms with E-state index in [2.05, 4.69) is 55.9 Å². The van der Waals surface area contributed by atoms with E-state index in [9.17, 15) is 4.79 Å². The molecule has 1 amide bonds. The lowest BCUT2D eigenvalue weighted by atomic mass is 9.86. The minimum Gasteiger partial charge on any atom is -0.352 e. The van der Waals surface area contributed by atoms with Crippen molar-refractivity contribution in [1.82, 2.24) is 5.32 Å². The van der Waals surface area contributed by atoms with E-state index in [1.807, 2.05) is 24.3 Å². The first-order valence-corrected chi connectivity index (χ1v) is 8.22. The van der Waals surface area contributed by atoms with Crippen LogP contribution in [0.15, 0.2) is 24.3 Å². The molecule has 0 bridgehead atoms. The summed E-state index contributed by atoms with van der Waals surface area (Å²) in [7, 11) is 0. The first kappa shape index (κ1) is 17.2. The number of hydrogen-bond acceptors (Lipinski definition) is 1. The SMILES string of the molecule is CC(C)(CCBr)CNC(=O)c1ccc(C(C)(C)C)cc1. The van der Waals surface area contributed by atoms with Gasteiger partial charge in [-0.05, 0) is 34.9 Å². The maximum absolute atomic E-state index is 12.1. The Morgan fingerprint density at radius 1 is 1.10 bits per heavy atom. The van der Waals surface area contributed by atoms with E-state index in [0.717, 1.165) is 17.3 Å². The largest absolute Gasteiger partial charge is 0.352 e. The van der Waals surface area contributed by atoms with E-state index >= 15 is 0 Å². The lowest BCUT2D eigenvalue weighted by Gasteiger charge is -2.24. The lowest BCUT2D eigenvalue weighted by Crippen LogP contribution is -2.34. The summed E-state index contributed by atoms with van der Waals surface area (Å²) < 4.78 is 0. The van der Waals surface area contributed by atoms with Crippen LogP contribution in [-0.4, -0.2) is 17.8 Å². The molecule has 2 nitrogen and oxygen atoms in total. The fourth-order valence-corrected chi connectivity index (χ4v) is 2.96. The van der Waals surface area contributed by atoms with Crippen molar-refractivity contribution in [2.45, 2.75) is 46.5 Å². The minimum atomic E-state index is 0.00751. The summed E-state index contributed by atoms with van der Waals surface area (Å²) in [6, 6.07) is 7.90. The predicted octanol–water partition coefficient (Wildman–Crippen LogP) is 4.53. The Hall–Kier alpha value is -0.830. The van der Waals surface area contributed by atoms with Gasteiger partial charge in [0.05, 0.1) is 0 Å². The lowest BCUT2D eigenvalue weighted by molar-refractivity contribution is 0.0936. The van der Waals surface area contributed by atoms with Crippen LogP contribution in [0.2, 0.25) is 0 Å². The molecule has 0 aromatic heterocycles. The quantitative estimate of drug-likeness (QED) is 0.784. The van der Waals surface area contributed by atoms with Gasteiger partial charge in [0.1, 0.15) is 0 Å². The molecule has 0 saturated heterocycles. The van der Waals surface area contributed by atoms with E-state index in [-0.39, 0.29) is 16.7 Å². The summed E-state index contributed by atoms with van der Waals surface area (Å²) in [6.07, 6.45) is 1.04. The zero-order valence-corrected chi connectivity index (χ0v) is 14.8. The van der Waals surface area contributed by atoms with Gasteiger partial charge in [0, 0.05) is 17.4 Å². The van der Waals surface area contributed by atoms with Gasteiger partial charge in [-0.3, -0.25) is 4.79 Å². The molecule has 1 rings (SSSR count). The molecule has 0 unspecified atom stereocenters. The molecule has 0 heterocycles. The highest BCUT2D eigenvalue weighted by Gasteiger charge is 2.19. The molecule has 1 N–H and O–H groups in total. The summed E-state index contributed by atoms with van der Waals surface area (Å²) in [4.78, 5) is 12.1. The van der Waals surface area contributed by atoms with E-state index in [1.165, 1.54) is 5.56 Å². The Morgan fingerprint density at radius 2 is 1.65 bits per heavy atom. The number of amides is 1. The molecule has 0 aliphatic rings. The third-order valence-corrected chi connectivity index (χ3v) is 3.91. The second kappa shape index (κ2) is 6.75. The summed E-state index contributed by atoms with van der Waals surface area (Å²) in [5.41, 5.74) is 2.21. The normalized spacial score (nSPS) is 12.3. The van der Waals surface area contributed by atoms with E-state index in [0.29, 0.717) is 6.54 Å². The van der Waals surface area contributed by atoms with Gasteiger partial charge < -0.3 is 5.32 Å². The zero-order chi connectivity index (χ0) is 15.4. The third kappa shape index (κ3) is 5.28. The van der Waals surface area contributed by atoms with Crippen LogP contribution in [0.3, 0.4) is 0 Å². The van der Waals surface area contributed by atoms with E-state index in [4.69, 9.17) is 0 Å². The van der Waals surface area contributed by atoms with Crippen LogP contribution in [0.1, 0.15) is 57.0 Å². The highest BCUT2D eigenvalue weighted by Crippen LogP contribution is 2.23. The minimum absolute atomic E-state index is 0.00751. The Morgan fingerprint density at radius 3 is 2.10 bits per heavy atom.